The number of oxime groups is 1. The maximum atomic E-state index is 14.2. The van der Waals surface area contributed by atoms with E-state index in [1.54, 1.807) is 20.8 Å². The van der Waals surface area contributed by atoms with Crippen LogP contribution in [-0.4, -0.2) is 152 Å². The number of ether oxygens (including phenoxy) is 6. The number of rotatable bonds is 22. The molecule has 16 heteroatoms. The zero-order valence-corrected chi connectivity index (χ0v) is 42.6. The number of likely N-dealkylation sites (N-methyl/N-ethyl adjacent to an activating group) is 1. The maximum absolute atomic E-state index is 14.2. The SMILES string of the molecule is CC[C@H]1OC(=O)[C@H](C)C(=O)[C@H](C)[C@@H](O[C@@H]2O[C@H](C)C[C@H](N(C)C)[C@H]2O)[C@@](C)(OC)C[C@@H](C)C(=NOCCNCCCOCCCNCc2cccc(OCc3ccccc3)c2)[C@H](C)[C@@H](O)[C@]1(C)O. The van der Waals surface area contributed by atoms with Crippen LogP contribution in [0.25, 0.3) is 0 Å². The Kier molecular flexibility index (Phi) is 23.3. The fourth-order valence-corrected chi connectivity index (χ4v) is 9.40. The summed E-state index contributed by atoms with van der Waals surface area (Å²) in [4.78, 5) is 35.7. The molecule has 2 saturated heterocycles. The zero-order valence-electron chi connectivity index (χ0n) is 42.6. The second-order valence-corrected chi connectivity index (χ2v) is 19.5. The van der Waals surface area contributed by atoms with Gasteiger partial charge in [-0.2, -0.15) is 0 Å². The van der Waals surface area contributed by atoms with Crippen LogP contribution in [0.3, 0.4) is 0 Å². The van der Waals surface area contributed by atoms with Crippen LogP contribution in [0.1, 0.15) is 98.6 Å². The van der Waals surface area contributed by atoms with Crippen LogP contribution in [0.2, 0.25) is 0 Å². The first-order valence-electron chi connectivity index (χ1n) is 24.6. The Morgan fingerprint density at radius 1 is 0.882 bits per heavy atom. The number of hydrogen-bond donors (Lipinski definition) is 5. The summed E-state index contributed by atoms with van der Waals surface area (Å²) in [6.45, 7) is 18.5. The molecule has 0 aliphatic carbocycles. The van der Waals surface area contributed by atoms with Crippen molar-refractivity contribution in [3.63, 3.8) is 0 Å². The third-order valence-corrected chi connectivity index (χ3v) is 13.6. The van der Waals surface area contributed by atoms with Gasteiger partial charge in [0.1, 0.15) is 42.7 Å². The second-order valence-electron chi connectivity index (χ2n) is 19.5. The number of aliphatic hydroxyl groups excluding tert-OH is 2. The molecule has 0 unspecified atom stereocenters. The normalized spacial score (nSPS) is 32.8. The molecular formula is C52H84N4O12. The van der Waals surface area contributed by atoms with Crippen LogP contribution >= 0.6 is 0 Å². The van der Waals surface area contributed by atoms with E-state index in [4.69, 9.17) is 33.3 Å². The second kappa shape index (κ2) is 27.7. The fourth-order valence-electron chi connectivity index (χ4n) is 9.40. The molecule has 0 amide bonds. The molecule has 0 aromatic heterocycles. The maximum Gasteiger partial charge on any atom is 0.316 e. The van der Waals surface area contributed by atoms with Gasteiger partial charge in [-0.15, -0.1) is 0 Å². The van der Waals surface area contributed by atoms with Gasteiger partial charge in [0.15, 0.2) is 12.1 Å². The lowest BCUT2D eigenvalue weighted by Gasteiger charge is -2.47. The molecule has 5 N–H and O–H groups in total. The topological polar surface area (TPSA) is 199 Å². The highest BCUT2D eigenvalue weighted by Gasteiger charge is 2.51. The molecule has 2 aliphatic rings. The quantitative estimate of drug-likeness (QED) is 0.0442. The highest BCUT2D eigenvalue weighted by molar-refractivity contribution is 6.00. The molecule has 0 radical (unpaired) electrons. The number of nitrogens with zero attached hydrogens (tertiary/aromatic N) is 2. The van der Waals surface area contributed by atoms with E-state index < -0.39 is 77.3 Å². The fraction of sp³-hybridized carbons (Fsp3) is 0.712. The Hall–Kier alpha value is -3.55. The number of cyclic esters (lactones) is 1. The minimum atomic E-state index is -1.92. The molecule has 0 saturated carbocycles. The lowest BCUT2D eigenvalue weighted by Crippen LogP contribution is -2.60. The molecule has 2 aromatic rings. The number of carbonyl (C=O) groups excluding carboxylic acids is 2. The smallest absolute Gasteiger partial charge is 0.316 e. The highest BCUT2D eigenvalue weighted by Crippen LogP contribution is 2.38. The summed E-state index contributed by atoms with van der Waals surface area (Å²) >= 11 is 0. The number of nitrogens with one attached hydrogen (secondary N) is 2. The largest absolute Gasteiger partial charge is 0.489 e. The van der Waals surface area contributed by atoms with Crippen molar-refractivity contribution in [1.82, 2.24) is 15.5 Å². The van der Waals surface area contributed by atoms with Crippen LogP contribution in [0.5, 0.6) is 5.75 Å². The lowest BCUT2D eigenvalue weighted by atomic mass is 9.74. The van der Waals surface area contributed by atoms with E-state index in [1.165, 1.54) is 21.0 Å². The molecule has 2 aromatic carbocycles. The van der Waals surface area contributed by atoms with Crippen molar-refractivity contribution in [2.24, 2.45) is 28.8 Å². The van der Waals surface area contributed by atoms with Crippen molar-refractivity contribution < 1.29 is 58.2 Å². The van der Waals surface area contributed by atoms with Gasteiger partial charge in [-0.25, -0.2) is 0 Å². The summed E-state index contributed by atoms with van der Waals surface area (Å²) in [5.41, 5.74) is -0.418. The Bertz CT molecular complexity index is 1840. The molecule has 384 valence electrons. The van der Waals surface area contributed by atoms with Crippen LogP contribution in [0.15, 0.2) is 59.8 Å². The van der Waals surface area contributed by atoms with Crippen molar-refractivity contribution in [2.45, 2.75) is 155 Å². The molecule has 68 heavy (non-hydrogen) atoms. The summed E-state index contributed by atoms with van der Waals surface area (Å²) in [6.07, 6.45) is -3.38. The summed E-state index contributed by atoms with van der Waals surface area (Å²) in [5.74, 6) is -3.88. The first-order valence-corrected chi connectivity index (χ1v) is 24.6. The van der Waals surface area contributed by atoms with Gasteiger partial charge in [-0.1, -0.05) is 75.3 Å². The van der Waals surface area contributed by atoms with Gasteiger partial charge in [-0.05, 0) is 110 Å². The van der Waals surface area contributed by atoms with Gasteiger partial charge in [-0.3, -0.25) is 9.59 Å². The van der Waals surface area contributed by atoms with Gasteiger partial charge >= 0.3 is 5.97 Å². The predicted octanol–water partition coefficient (Wildman–Crippen LogP) is 5.28. The Balaban J connectivity index is 1.34. The number of ketones is 1. The number of Topliss-reactive ketones (excluding diaryl/α,β-unsaturated/α-hetero) is 1. The number of esters is 1. The third-order valence-electron chi connectivity index (χ3n) is 13.6. The minimum Gasteiger partial charge on any atom is -0.489 e. The van der Waals surface area contributed by atoms with E-state index in [0.29, 0.717) is 45.0 Å². The van der Waals surface area contributed by atoms with Crippen molar-refractivity contribution in [1.29, 1.82) is 0 Å². The Labute approximate surface area is 405 Å². The van der Waals surface area contributed by atoms with E-state index in [2.05, 4.69) is 40.1 Å². The molecule has 13 atom stereocenters. The number of aliphatic hydroxyl groups is 3. The Morgan fingerprint density at radius 2 is 1.56 bits per heavy atom. The molecule has 2 fully saturated rings. The Morgan fingerprint density at radius 3 is 2.22 bits per heavy atom. The first-order chi connectivity index (χ1) is 32.3. The molecule has 16 nitrogen and oxygen atoms in total. The molecular weight excluding hydrogens is 873 g/mol. The monoisotopic (exact) mass is 957 g/mol. The molecule has 0 spiro atoms. The van der Waals surface area contributed by atoms with Gasteiger partial charge in [0.25, 0.3) is 0 Å². The number of hydrogen-bond acceptors (Lipinski definition) is 16. The average Bonchev–Trinajstić information content (AvgIpc) is 3.32. The number of carbonyl (C=O) groups is 2. The van der Waals surface area contributed by atoms with E-state index in [9.17, 15) is 24.9 Å². The molecule has 2 heterocycles. The molecule has 0 bridgehead atoms. The van der Waals surface area contributed by atoms with E-state index in [1.807, 2.05) is 70.1 Å². The van der Waals surface area contributed by atoms with Crippen molar-refractivity contribution in [3.8, 4) is 5.75 Å². The van der Waals surface area contributed by atoms with Crippen molar-refractivity contribution in [2.75, 3.05) is 60.7 Å². The van der Waals surface area contributed by atoms with Crippen LogP contribution in [0.4, 0.5) is 0 Å². The van der Waals surface area contributed by atoms with Crippen LogP contribution < -0.4 is 15.4 Å². The predicted molar refractivity (Wildman–Crippen MR) is 261 cm³/mol. The molecule has 2 aliphatic heterocycles. The summed E-state index contributed by atoms with van der Waals surface area (Å²) in [5, 5.41) is 46.6. The first kappa shape index (κ1) is 57.0. The highest BCUT2D eigenvalue weighted by atomic mass is 16.7. The zero-order chi connectivity index (χ0) is 50.0. The van der Waals surface area contributed by atoms with Gasteiger partial charge < -0.3 is 64.1 Å². The van der Waals surface area contributed by atoms with Crippen molar-refractivity contribution >= 4 is 17.5 Å². The van der Waals surface area contributed by atoms with E-state index in [0.717, 1.165) is 42.8 Å². The average molecular weight is 957 g/mol. The summed E-state index contributed by atoms with van der Waals surface area (Å²) in [6, 6.07) is 18.0. The third kappa shape index (κ3) is 16.3. The summed E-state index contributed by atoms with van der Waals surface area (Å²) in [7, 11) is 5.28. The van der Waals surface area contributed by atoms with Crippen molar-refractivity contribution in [3.05, 3.63) is 65.7 Å². The van der Waals surface area contributed by atoms with Crippen LogP contribution in [0, 0.1) is 23.7 Å². The van der Waals surface area contributed by atoms with Gasteiger partial charge in [0.2, 0.25) is 0 Å². The van der Waals surface area contributed by atoms with E-state index >= 15 is 0 Å². The van der Waals surface area contributed by atoms with Crippen LogP contribution in [-0.2, 0) is 51.3 Å². The molecule has 4 rings (SSSR count). The van der Waals surface area contributed by atoms with Gasteiger partial charge in [0, 0.05) is 57.2 Å². The van der Waals surface area contributed by atoms with E-state index in [-0.39, 0.29) is 31.6 Å². The minimum absolute atomic E-state index is 0.170. The standard InChI is InChI=1S/C52H84N4O12/c1-12-43-52(8,61)47(59)36(4)44(55-65-28-25-53-23-17-26-63-27-18-24-54-32-40-21-16-22-41(30-40)64-33-39-19-14-13-15-20-39)34(2)31-51(7,62-11)48(37(5)45(57)38(6)49(60)67-43)68-50-46(58)42(56(9)10)29-35(3)66-50/h13-16,19-22,30,34-38,42-43,46-48,50,53-54,58-59,61H,12,17-18,23-29,31-33H2,1-11H3/t34-,35-,36+,37+,38-,42+,43-,46-,47-,48-,50+,51+,52-/m1/s1. The summed E-state index contributed by atoms with van der Waals surface area (Å²) < 4.78 is 36.7. The lowest BCUT2D eigenvalue weighted by molar-refractivity contribution is -0.295. The number of benzene rings is 2. The van der Waals surface area contributed by atoms with Gasteiger partial charge in [0.05, 0.1) is 29.6 Å². The number of methoxy groups -OCH3 is 1.